The Labute approximate surface area is 215 Å². The number of nitrogens with zero attached hydrogens (tertiary/aromatic N) is 1. The average Bonchev–Trinajstić information content (AvgIpc) is 3.06. The van der Waals surface area contributed by atoms with E-state index in [-0.39, 0.29) is 52.3 Å². The zero-order chi connectivity index (χ0) is 25.6. The van der Waals surface area contributed by atoms with E-state index in [9.17, 15) is 14.7 Å². The minimum atomic E-state index is -0.776. The first-order chi connectivity index (χ1) is 16.8. The predicted molar refractivity (Wildman–Crippen MR) is 133 cm³/mol. The number of fused-ring (bicyclic) bond motifs is 5. The third-order valence-corrected chi connectivity index (χ3v) is 13.1. The molecule has 0 unspecified atom stereocenters. The molecular formula is C30H43NO5. The quantitative estimate of drug-likeness (QED) is 0.394. The molecule has 7 fully saturated rings. The largest absolute Gasteiger partial charge is 0.443 e. The smallest absolute Gasteiger partial charge is 0.308 e. The van der Waals surface area contributed by atoms with Gasteiger partial charge in [0.15, 0.2) is 5.72 Å². The van der Waals surface area contributed by atoms with Crippen molar-refractivity contribution in [3.05, 3.63) is 12.2 Å². The summed E-state index contributed by atoms with van der Waals surface area (Å²) in [6, 6.07) is 0. The van der Waals surface area contributed by atoms with Crippen LogP contribution in [0.15, 0.2) is 12.2 Å². The zero-order valence-corrected chi connectivity index (χ0v) is 22.6. The minimum absolute atomic E-state index is 0.119. The Hall–Kier alpha value is -1.24. The molecule has 0 aromatic heterocycles. The van der Waals surface area contributed by atoms with Crippen LogP contribution >= 0.6 is 0 Å². The molecular weight excluding hydrogens is 454 g/mol. The van der Waals surface area contributed by atoms with Gasteiger partial charge in [0.1, 0.15) is 11.5 Å². The Morgan fingerprint density at radius 1 is 1.11 bits per heavy atom. The van der Waals surface area contributed by atoms with Crippen molar-refractivity contribution in [1.29, 1.82) is 0 Å². The third kappa shape index (κ3) is 2.47. The average molecular weight is 498 g/mol. The highest BCUT2D eigenvalue weighted by Gasteiger charge is 2.82. The summed E-state index contributed by atoms with van der Waals surface area (Å²) in [4.78, 5) is 30.4. The molecule has 7 aliphatic rings. The molecule has 198 valence electrons. The van der Waals surface area contributed by atoms with E-state index in [4.69, 9.17) is 9.47 Å². The molecule has 0 aromatic rings. The number of carbonyl (C=O) groups is 2. The van der Waals surface area contributed by atoms with Crippen molar-refractivity contribution >= 4 is 11.8 Å². The van der Waals surface area contributed by atoms with Crippen LogP contribution in [0, 0.1) is 45.8 Å². The number of ketones is 1. The first-order valence-corrected chi connectivity index (χ1v) is 14.4. The SMILES string of the molecule is C=C1C[C@@H]2[C@@H](C[C@@H]1O)[C@@H](C)C(=O)[C@H]1[C@@]2(C)C[C@@]23OC(=O)C[C@]1(C)[C@]2(C)CC[C@]12C[C@@H](C)C[C@H](CN13)O2. The van der Waals surface area contributed by atoms with Crippen molar-refractivity contribution in [2.24, 2.45) is 45.8 Å². The summed E-state index contributed by atoms with van der Waals surface area (Å²) in [5.74, 6) is 0.773. The second-order valence-electron chi connectivity index (χ2n) is 14.7. The maximum atomic E-state index is 14.4. The molecule has 4 bridgehead atoms. The van der Waals surface area contributed by atoms with Crippen LogP contribution in [0.4, 0.5) is 0 Å². The van der Waals surface area contributed by atoms with E-state index in [1.54, 1.807) is 0 Å². The van der Waals surface area contributed by atoms with Gasteiger partial charge in [-0.15, -0.1) is 0 Å². The second-order valence-corrected chi connectivity index (χ2v) is 14.7. The molecule has 3 saturated carbocycles. The molecule has 0 aromatic carbocycles. The molecule has 1 N–H and O–H groups in total. The third-order valence-electron chi connectivity index (χ3n) is 13.1. The molecule has 4 saturated heterocycles. The standard InChI is InChI=1S/C30H43NO5/c1-16-9-19-14-31-29(12-16,35-19)8-7-28(6)27(5)13-23(33)36-30(28,31)15-26(4)21-10-17(2)22(32)11-20(21)18(3)24(34)25(26)27/h16,18-22,25,32H,2,7-15H2,1,3-6H3/t16-,18+,19+,20-,21+,22-,25-,26-,27-,28-,29-,30+/m0/s1. The molecule has 4 heterocycles. The molecule has 12 atom stereocenters. The fraction of sp³-hybridized carbons (Fsp3) is 0.867. The lowest BCUT2D eigenvalue weighted by Gasteiger charge is -2.77. The summed E-state index contributed by atoms with van der Waals surface area (Å²) in [6.07, 6.45) is 5.81. The van der Waals surface area contributed by atoms with Gasteiger partial charge in [0.05, 0.1) is 18.6 Å². The molecule has 6 heteroatoms. The summed E-state index contributed by atoms with van der Waals surface area (Å²) in [5, 5.41) is 10.7. The number of esters is 1. The van der Waals surface area contributed by atoms with E-state index in [1.165, 1.54) is 0 Å². The van der Waals surface area contributed by atoms with E-state index in [0.717, 1.165) is 44.2 Å². The Balaban J connectivity index is 1.44. The van der Waals surface area contributed by atoms with Crippen LogP contribution < -0.4 is 0 Å². The molecule has 36 heavy (non-hydrogen) atoms. The van der Waals surface area contributed by atoms with Crippen LogP contribution in [0.2, 0.25) is 0 Å². The minimum Gasteiger partial charge on any atom is -0.443 e. The number of hydrogen-bond acceptors (Lipinski definition) is 6. The number of hydrogen-bond donors (Lipinski definition) is 1. The highest BCUT2D eigenvalue weighted by Crippen LogP contribution is 2.78. The van der Waals surface area contributed by atoms with E-state index in [2.05, 4.69) is 46.1 Å². The van der Waals surface area contributed by atoms with E-state index < -0.39 is 17.2 Å². The Kier molecular flexibility index (Phi) is 4.53. The number of ether oxygens (including phenoxy) is 2. The molecule has 0 radical (unpaired) electrons. The number of carbonyl (C=O) groups excluding carboxylic acids is 2. The van der Waals surface area contributed by atoms with Crippen molar-refractivity contribution in [3.8, 4) is 0 Å². The maximum absolute atomic E-state index is 14.4. The highest BCUT2D eigenvalue weighted by atomic mass is 16.6. The number of rotatable bonds is 0. The fourth-order valence-electron chi connectivity index (χ4n) is 11.5. The van der Waals surface area contributed by atoms with Crippen LogP contribution in [0.3, 0.4) is 0 Å². The van der Waals surface area contributed by atoms with Gasteiger partial charge in [0.25, 0.3) is 0 Å². The Morgan fingerprint density at radius 3 is 2.61 bits per heavy atom. The summed E-state index contributed by atoms with van der Waals surface area (Å²) < 4.78 is 13.5. The van der Waals surface area contributed by atoms with Gasteiger partial charge < -0.3 is 14.6 Å². The van der Waals surface area contributed by atoms with Crippen molar-refractivity contribution in [1.82, 2.24) is 4.90 Å². The van der Waals surface area contributed by atoms with Crippen molar-refractivity contribution in [2.45, 2.75) is 110 Å². The Morgan fingerprint density at radius 2 is 1.86 bits per heavy atom. The van der Waals surface area contributed by atoms with Gasteiger partial charge in [-0.25, -0.2) is 4.90 Å². The van der Waals surface area contributed by atoms with E-state index >= 15 is 0 Å². The lowest BCUT2D eigenvalue weighted by Crippen LogP contribution is -2.83. The van der Waals surface area contributed by atoms with Gasteiger partial charge in [-0.05, 0) is 72.7 Å². The van der Waals surface area contributed by atoms with Gasteiger partial charge in [-0.3, -0.25) is 9.59 Å². The number of Topliss-reactive ketones (excluding diaryl/α,β-unsaturated/α-hetero) is 1. The molecule has 0 amide bonds. The van der Waals surface area contributed by atoms with Gasteiger partial charge in [-0.1, -0.05) is 41.2 Å². The first-order valence-electron chi connectivity index (χ1n) is 14.4. The van der Waals surface area contributed by atoms with Crippen LogP contribution in [0.25, 0.3) is 0 Å². The van der Waals surface area contributed by atoms with E-state index in [1.807, 2.05) is 0 Å². The molecule has 1 spiro atoms. The van der Waals surface area contributed by atoms with E-state index in [0.29, 0.717) is 31.0 Å². The van der Waals surface area contributed by atoms with Gasteiger partial charge in [-0.2, -0.15) is 0 Å². The van der Waals surface area contributed by atoms with Gasteiger partial charge >= 0.3 is 5.97 Å². The van der Waals surface area contributed by atoms with Gasteiger partial charge in [0, 0.05) is 30.2 Å². The van der Waals surface area contributed by atoms with Crippen LogP contribution in [-0.4, -0.2) is 52.0 Å². The summed E-state index contributed by atoms with van der Waals surface area (Å²) in [7, 11) is 0. The second kappa shape index (κ2) is 6.84. The first kappa shape index (κ1) is 23.8. The van der Waals surface area contributed by atoms with Crippen molar-refractivity contribution in [3.63, 3.8) is 0 Å². The number of piperidine rings is 1. The molecule has 6 nitrogen and oxygen atoms in total. The van der Waals surface area contributed by atoms with Crippen LogP contribution in [0.5, 0.6) is 0 Å². The number of aliphatic hydroxyl groups excluding tert-OH is 1. The van der Waals surface area contributed by atoms with Crippen LogP contribution in [-0.2, 0) is 19.1 Å². The molecule has 4 aliphatic heterocycles. The van der Waals surface area contributed by atoms with Crippen molar-refractivity contribution in [2.75, 3.05) is 6.54 Å². The summed E-state index contributed by atoms with van der Waals surface area (Å²) in [6.45, 7) is 16.3. The summed E-state index contributed by atoms with van der Waals surface area (Å²) >= 11 is 0. The Bertz CT molecular complexity index is 1070. The fourth-order valence-corrected chi connectivity index (χ4v) is 11.5. The normalized spacial score (nSPS) is 59.9. The predicted octanol–water partition coefficient (Wildman–Crippen LogP) is 4.45. The molecule has 7 rings (SSSR count). The maximum Gasteiger partial charge on any atom is 0.308 e. The zero-order valence-electron chi connectivity index (χ0n) is 22.6. The highest BCUT2D eigenvalue weighted by molar-refractivity contribution is 5.88. The van der Waals surface area contributed by atoms with Crippen LogP contribution in [0.1, 0.15) is 86.0 Å². The van der Waals surface area contributed by atoms with Crippen molar-refractivity contribution < 1.29 is 24.2 Å². The number of aliphatic hydroxyl groups is 1. The molecule has 3 aliphatic carbocycles. The summed E-state index contributed by atoms with van der Waals surface area (Å²) in [5.41, 5.74) is -1.42. The lowest BCUT2D eigenvalue weighted by molar-refractivity contribution is -0.380. The lowest BCUT2D eigenvalue weighted by atomic mass is 9.33. The van der Waals surface area contributed by atoms with Gasteiger partial charge in [0.2, 0.25) is 0 Å². The topological polar surface area (TPSA) is 76.1 Å². The monoisotopic (exact) mass is 497 g/mol.